The minimum absolute atomic E-state index is 0.0740. The van der Waals surface area contributed by atoms with Gasteiger partial charge in [-0.15, -0.1) is 0 Å². The highest BCUT2D eigenvalue weighted by molar-refractivity contribution is 14.1. The number of aliphatic hydroxyl groups is 1. The van der Waals surface area contributed by atoms with Gasteiger partial charge in [0.1, 0.15) is 0 Å². The maximum Gasteiger partial charge on any atom is 0.270 e. The lowest BCUT2D eigenvalue weighted by Gasteiger charge is -2.17. The molecule has 0 aliphatic carbocycles. The van der Waals surface area contributed by atoms with Crippen molar-refractivity contribution in [2.24, 2.45) is 0 Å². The fourth-order valence-electron chi connectivity index (χ4n) is 1.19. The van der Waals surface area contributed by atoms with Crippen LogP contribution in [0.25, 0.3) is 0 Å². The van der Waals surface area contributed by atoms with Crippen LogP contribution in [0, 0.1) is 13.7 Å². The van der Waals surface area contributed by atoms with E-state index in [2.05, 4.69) is 5.32 Å². The summed E-state index contributed by atoms with van der Waals surface area (Å²) in [6.45, 7) is 3.20. The lowest BCUT2D eigenvalue weighted by atomic mass is 10.1. The first kappa shape index (κ1) is 14.8. The van der Waals surface area contributed by atoms with Crippen LogP contribution in [-0.4, -0.2) is 28.1 Å². The van der Waals surface area contributed by atoms with E-state index in [-0.39, 0.29) is 17.8 Å². The van der Waals surface area contributed by atoms with Crippen molar-refractivity contribution in [2.45, 2.75) is 19.4 Å². The molecule has 0 heterocycles. The molecule has 0 atom stereocenters. The van der Waals surface area contributed by atoms with E-state index in [9.17, 15) is 20.0 Å². The molecule has 2 N–H and O–H groups in total. The number of carbonyl (C=O) groups excluding carboxylic acids is 1. The number of hydrogen-bond donors (Lipinski definition) is 2. The quantitative estimate of drug-likeness (QED) is 0.483. The third-order valence-corrected chi connectivity index (χ3v) is 3.03. The Bertz CT molecular complexity index is 482. The zero-order chi connectivity index (χ0) is 13.9. The van der Waals surface area contributed by atoms with E-state index in [4.69, 9.17) is 0 Å². The first-order valence-electron chi connectivity index (χ1n) is 5.15. The molecule has 0 bridgehead atoms. The van der Waals surface area contributed by atoms with Crippen LogP contribution in [0.1, 0.15) is 24.2 Å². The minimum Gasteiger partial charge on any atom is -0.389 e. The zero-order valence-electron chi connectivity index (χ0n) is 9.94. The minimum atomic E-state index is -1.03. The van der Waals surface area contributed by atoms with E-state index in [0.29, 0.717) is 3.57 Å². The van der Waals surface area contributed by atoms with Gasteiger partial charge >= 0.3 is 0 Å². The predicted octanol–water partition coefficient (Wildman–Crippen LogP) is 1.70. The van der Waals surface area contributed by atoms with Gasteiger partial charge in [0.2, 0.25) is 0 Å². The van der Waals surface area contributed by atoms with Crippen molar-refractivity contribution in [3.8, 4) is 0 Å². The maximum absolute atomic E-state index is 11.8. The van der Waals surface area contributed by atoms with E-state index in [1.54, 1.807) is 13.8 Å². The van der Waals surface area contributed by atoms with Crippen molar-refractivity contribution < 1.29 is 14.8 Å². The summed E-state index contributed by atoms with van der Waals surface area (Å²) < 4.78 is 0.617. The monoisotopic (exact) mass is 364 g/mol. The first-order chi connectivity index (χ1) is 8.20. The molecule has 0 aliphatic rings. The molecule has 7 heteroatoms. The van der Waals surface area contributed by atoms with Gasteiger partial charge in [-0.2, -0.15) is 0 Å². The van der Waals surface area contributed by atoms with E-state index >= 15 is 0 Å². The van der Waals surface area contributed by atoms with Gasteiger partial charge < -0.3 is 10.4 Å². The average molecular weight is 364 g/mol. The topological polar surface area (TPSA) is 92.5 Å². The van der Waals surface area contributed by atoms with Gasteiger partial charge in [-0.3, -0.25) is 14.9 Å². The number of benzene rings is 1. The summed E-state index contributed by atoms with van der Waals surface area (Å²) in [5, 5.41) is 22.7. The van der Waals surface area contributed by atoms with Crippen molar-refractivity contribution in [3.63, 3.8) is 0 Å². The molecular weight excluding hydrogens is 351 g/mol. The Morgan fingerprint density at radius 3 is 2.67 bits per heavy atom. The van der Waals surface area contributed by atoms with Gasteiger partial charge in [0.15, 0.2) is 0 Å². The Balaban J connectivity index is 2.91. The molecule has 0 saturated heterocycles. The molecule has 0 aromatic heterocycles. The Kier molecular flexibility index (Phi) is 4.63. The Morgan fingerprint density at radius 2 is 2.17 bits per heavy atom. The van der Waals surface area contributed by atoms with Gasteiger partial charge in [-0.05, 0) is 42.5 Å². The average Bonchev–Trinajstić information content (AvgIpc) is 2.25. The molecule has 0 radical (unpaired) electrons. The third-order valence-electron chi connectivity index (χ3n) is 2.09. The summed E-state index contributed by atoms with van der Waals surface area (Å²) >= 11 is 1.93. The molecule has 0 aliphatic heterocycles. The van der Waals surface area contributed by atoms with Gasteiger partial charge in [-0.1, -0.05) is 0 Å². The fourth-order valence-corrected chi connectivity index (χ4v) is 1.77. The molecule has 0 saturated carbocycles. The highest BCUT2D eigenvalue weighted by Gasteiger charge is 2.18. The second-order valence-corrected chi connectivity index (χ2v) is 5.58. The summed E-state index contributed by atoms with van der Waals surface area (Å²) in [6.07, 6.45) is 0. The van der Waals surface area contributed by atoms with Gasteiger partial charge in [0, 0.05) is 22.2 Å². The SMILES string of the molecule is CC(C)(O)CNC(=O)c1cc([N+](=O)[O-])ccc1I. The Hall–Kier alpha value is -1.22. The van der Waals surface area contributed by atoms with Crippen LogP contribution in [0.3, 0.4) is 0 Å². The van der Waals surface area contributed by atoms with Gasteiger partial charge in [0.25, 0.3) is 11.6 Å². The largest absolute Gasteiger partial charge is 0.389 e. The molecule has 1 aromatic rings. The van der Waals surface area contributed by atoms with E-state index < -0.39 is 16.4 Å². The number of nitro groups is 1. The molecule has 1 aromatic carbocycles. The Labute approximate surface area is 118 Å². The second-order valence-electron chi connectivity index (χ2n) is 4.42. The number of carbonyl (C=O) groups is 1. The molecule has 0 spiro atoms. The molecule has 98 valence electrons. The zero-order valence-corrected chi connectivity index (χ0v) is 12.1. The van der Waals surface area contributed by atoms with Gasteiger partial charge in [-0.25, -0.2) is 0 Å². The summed E-state index contributed by atoms with van der Waals surface area (Å²) in [6, 6.07) is 4.08. The number of rotatable bonds is 4. The fraction of sp³-hybridized carbons (Fsp3) is 0.364. The highest BCUT2D eigenvalue weighted by Crippen LogP contribution is 2.19. The summed E-state index contributed by atoms with van der Waals surface area (Å²) in [5.74, 6) is -0.440. The van der Waals surface area contributed by atoms with Crippen molar-refractivity contribution in [2.75, 3.05) is 6.54 Å². The summed E-state index contributed by atoms with van der Waals surface area (Å²) in [5.41, 5.74) is -0.931. The van der Waals surface area contributed by atoms with Crippen molar-refractivity contribution in [1.29, 1.82) is 0 Å². The lowest BCUT2D eigenvalue weighted by Crippen LogP contribution is -2.38. The molecule has 0 fully saturated rings. The second kappa shape index (κ2) is 5.61. The smallest absolute Gasteiger partial charge is 0.270 e. The standard InChI is InChI=1S/C11H13IN2O4/c1-11(2,16)6-13-10(15)8-5-7(14(17)18)3-4-9(8)12/h3-5,16H,6H2,1-2H3,(H,13,15). The number of nitrogens with zero attached hydrogens (tertiary/aromatic N) is 1. The molecule has 6 nitrogen and oxygen atoms in total. The van der Waals surface area contributed by atoms with Crippen molar-refractivity contribution in [3.05, 3.63) is 37.4 Å². The van der Waals surface area contributed by atoms with E-state index in [0.717, 1.165) is 0 Å². The van der Waals surface area contributed by atoms with Gasteiger partial charge in [0.05, 0.1) is 16.1 Å². The normalized spacial score (nSPS) is 11.1. The van der Waals surface area contributed by atoms with Crippen LogP contribution < -0.4 is 5.32 Å². The number of amides is 1. The predicted molar refractivity (Wildman–Crippen MR) is 74.4 cm³/mol. The van der Waals surface area contributed by atoms with E-state index in [1.807, 2.05) is 22.6 Å². The molecular formula is C11H13IN2O4. The van der Waals surface area contributed by atoms with Crippen LogP contribution in [0.2, 0.25) is 0 Å². The van der Waals surface area contributed by atoms with Crippen LogP contribution in [-0.2, 0) is 0 Å². The highest BCUT2D eigenvalue weighted by atomic mass is 127. The summed E-state index contributed by atoms with van der Waals surface area (Å²) in [4.78, 5) is 21.9. The number of halogens is 1. The number of non-ortho nitro benzene ring substituents is 1. The van der Waals surface area contributed by atoms with Crippen molar-refractivity contribution in [1.82, 2.24) is 5.32 Å². The number of nitrogens with one attached hydrogen (secondary N) is 1. The van der Waals surface area contributed by atoms with Crippen LogP contribution in [0.15, 0.2) is 18.2 Å². The van der Waals surface area contributed by atoms with E-state index in [1.165, 1.54) is 18.2 Å². The van der Waals surface area contributed by atoms with Crippen molar-refractivity contribution >= 4 is 34.2 Å². The summed E-state index contributed by atoms with van der Waals surface area (Å²) in [7, 11) is 0. The van der Waals surface area contributed by atoms with Crippen LogP contribution in [0.4, 0.5) is 5.69 Å². The van der Waals surface area contributed by atoms with Crippen LogP contribution >= 0.6 is 22.6 Å². The lowest BCUT2D eigenvalue weighted by molar-refractivity contribution is -0.384. The molecule has 0 unspecified atom stereocenters. The van der Waals surface area contributed by atoms with Crippen LogP contribution in [0.5, 0.6) is 0 Å². The number of hydrogen-bond acceptors (Lipinski definition) is 4. The maximum atomic E-state index is 11.8. The number of nitro benzene ring substituents is 1. The molecule has 1 amide bonds. The Morgan fingerprint density at radius 1 is 1.56 bits per heavy atom. The first-order valence-corrected chi connectivity index (χ1v) is 6.23. The third kappa shape index (κ3) is 4.22. The molecule has 18 heavy (non-hydrogen) atoms. The molecule has 1 rings (SSSR count).